The number of aromatic nitrogens is 1. The Labute approximate surface area is 200 Å². The topological polar surface area (TPSA) is 54.5 Å². The average molecular weight is 490 g/mol. The summed E-state index contributed by atoms with van der Waals surface area (Å²) in [6, 6.07) is 14.4. The van der Waals surface area contributed by atoms with Crippen LogP contribution in [-0.4, -0.2) is 29.0 Å². The van der Waals surface area contributed by atoms with Crippen molar-refractivity contribution in [3.8, 4) is 22.8 Å². The average Bonchev–Trinajstić information content (AvgIpc) is 2.84. The molecule has 1 aliphatic heterocycles. The Morgan fingerprint density at radius 2 is 1.76 bits per heavy atom. The van der Waals surface area contributed by atoms with Gasteiger partial charge in [0.1, 0.15) is 5.75 Å². The number of amides is 2. The SMILES string of the molecule is O=C(NCc1cccc(Oc2ccc(C(F)(F)F)cn2)c1-c1ccc(Cl)cc1)N1CCCCC1. The van der Waals surface area contributed by atoms with Gasteiger partial charge in [0.15, 0.2) is 0 Å². The van der Waals surface area contributed by atoms with Crippen LogP contribution in [0.5, 0.6) is 11.6 Å². The number of hydrogen-bond acceptors (Lipinski definition) is 3. The van der Waals surface area contributed by atoms with Gasteiger partial charge in [-0.2, -0.15) is 13.2 Å². The van der Waals surface area contributed by atoms with E-state index in [0.29, 0.717) is 16.3 Å². The van der Waals surface area contributed by atoms with Crippen LogP contribution >= 0.6 is 11.6 Å². The van der Waals surface area contributed by atoms with Crippen molar-refractivity contribution >= 4 is 17.6 Å². The first-order chi connectivity index (χ1) is 16.3. The van der Waals surface area contributed by atoms with Gasteiger partial charge in [0.25, 0.3) is 0 Å². The van der Waals surface area contributed by atoms with Crippen LogP contribution in [0.15, 0.2) is 60.8 Å². The van der Waals surface area contributed by atoms with Gasteiger partial charge < -0.3 is 15.0 Å². The summed E-state index contributed by atoms with van der Waals surface area (Å²) in [6.45, 7) is 1.72. The Bertz CT molecular complexity index is 1130. The van der Waals surface area contributed by atoms with E-state index in [1.807, 2.05) is 18.2 Å². The maximum atomic E-state index is 12.9. The molecule has 34 heavy (non-hydrogen) atoms. The van der Waals surface area contributed by atoms with Crippen LogP contribution in [0, 0.1) is 0 Å². The summed E-state index contributed by atoms with van der Waals surface area (Å²) in [5.41, 5.74) is 1.41. The number of hydrogen-bond donors (Lipinski definition) is 1. The maximum absolute atomic E-state index is 12.9. The van der Waals surface area contributed by atoms with E-state index in [4.69, 9.17) is 16.3 Å². The summed E-state index contributed by atoms with van der Waals surface area (Å²) in [4.78, 5) is 18.2. The van der Waals surface area contributed by atoms with Crippen molar-refractivity contribution in [3.05, 3.63) is 76.9 Å². The first-order valence-corrected chi connectivity index (χ1v) is 11.3. The first kappa shape index (κ1) is 23.9. The van der Waals surface area contributed by atoms with E-state index >= 15 is 0 Å². The van der Waals surface area contributed by atoms with E-state index < -0.39 is 11.7 Å². The van der Waals surface area contributed by atoms with Gasteiger partial charge in [0.05, 0.1) is 5.56 Å². The molecule has 178 valence electrons. The molecule has 1 saturated heterocycles. The Balaban J connectivity index is 1.62. The lowest BCUT2D eigenvalue weighted by Gasteiger charge is -2.27. The Kier molecular flexibility index (Phi) is 7.26. The standard InChI is InChI=1S/C25H23ClF3N3O2/c26-20-10-7-17(8-11-20)23-18(15-31-24(33)32-13-2-1-3-14-32)5-4-6-21(23)34-22-12-9-19(16-30-22)25(27,28)29/h4-12,16H,1-3,13-15H2,(H,31,33). The lowest BCUT2D eigenvalue weighted by atomic mass is 9.98. The Morgan fingerprint density at radius 1 is 1.03 bits per heavy atom. The minimum absolute atomic E-state index is 0.0257. The van der Waals surface area contributed by atoms with Gasteiger partial charge in [-0.1, -0.05) is 35.9 Å². The summed E-state index contributed by atoms with van der Waals surface area (Å²) < 4.78 is 44.5. The summed E-state index contributed by atoms with van der Waals surface area (Å²) in [7, 11) is 0. The van der Waals surface area contributed by atoms with Gasteiger partial charge in [-0.05, 0) is 54.7 Å². The fourth-order valence-electron chi connectivity index (χ4n) is 3.85. The minimum atomic E-state index is -4.48. The van der Waals surface area contributed by atoms with Crippen molar-refractivity contribution in [2.45, 2.75) is 32.0 Å². The number of carbonyl (C=O) groups is 1. The highest BCUT2D eigenvalue weighted by Gasteiger charge is 2.30. The normalized spacial score (nSPS) is 14.1. The number of pyridine rings is 1. The largest absolute Gasteiger partial charge is 0.438 e. The molecular formula is C25H23ClF3N3O2. The van der Waals surface area contributed by atoms with E-state index in [1.54, 1.807) is 29.2 Å². The van der Waals surface area contributed by atoms with Gasteiger partial charge in [-0.15, -0.1) is 0 Å². The van der Waals surface area contributed by atoms with Gasteiger partial charge >= 0.3 is 12.2 Å². The number of urea groups is 1. The highest BCUT2D eigenvalue weighted by molar-refractivity contribution is 6.30. The number of rotatable bonds is 5. The van der Waals surface area contributed by atoms with Gasteiger partial charge in [-0.3, -0.25) is 0 Å². The van der Waals surface area contributed by atoms with Crippen LogP contribution in [0.4, 0.5) is 18.0 Å². The molecule has 1 aromatic heterocycles. The van der Waals surface area contributed by atoms with Gasteiger partial charge in [0.2, 0.25) is 5.88 Å². The number of alkyl halides is 3. The second-order valence-electron chi connectivity index (χ2n) is 7.99. The fourth-order valence-corrected chi connectivity index (χ4v) is 3.98. The molecule has 9 heteroatoms. The molecule has 0 bridgehead atoms. The van der Waals surface area contributed by atoms with Gasteiger partial charge in [-0.25, -0.2) is 9.78 Å². The van der Waals surface area contributed by atoms with Crippen molar-refractivity contribution in [2.24, 2.45) is 0 Å². The number of piperidine rings is 1. The van der Waals surface area contributed by atoms with Crippen molar-refractivity contribution < 1.29 is 22.7 Å². The predicted octanol–water partition coefficient (Wildman–Crippen LogP) is 6.91. The minimum Gasteiger partial charge on any atom is -0.438 e. The molecule has 2 aromatic carbocycles. The van der Waals surface area contributed by atoms with Crippen LogP contribution in [0.2, 0.25) is 5.02 Å². The first-order valence-electron chi connectivity index (χ1n) is 10.9. The summed E-state index contributed by atoms with van der Waals surface area (Å²) in [5.74, 6) is 0.428. The number of benzene rings is 2. The molecule has 0 unspecified atom stereocenters. The van der Waals surface area contributed by atoms with E-state index in [0.717, 1.165) is 55.7 Å². The van der Waals surface area contributed by atoms with E-state index in [2.05, 4.69) is 10.3 Å². The molecule has 2 amide bonds. The molecule has 4 rings (SSSR count). The molecular weight excluding hydrogens is 467 g/mol. The zero-order chi connectivity index (χ0) is 24.1. The highest BCUT2D eigenvalue weighted by atomic mass is 35.5. The van der Waals surface area contributed by atoms with Crippen LogP contribution in [0.3, 0.4) is 0 Å². The molecule has 0 spiro atoms. The number of nitrogens with one attached hydrogen (secondary N) is 1. The van der Waals surface area contributed by atoms with Crippen molar-refractivity contribution in [2.75, 3.05) is 13.1 Å². The third kappa shape index (κ3) is 5.80. The molecule has 0 radical (unpaired) electrons. The quantitative estimate of drug-likeness (QED) is 0.423. The van der Waals surface area contributed by atoms with Crippen molar-refractivity contribution in [3.63, 3.8) is 0 Å². The lowest BCUT2D eigenvalue weighted by Crippen LogP contribution is -2.42. The molecule has 1 fully saturated rings. The predicted molar refractivity (Wildman–Crippen MR) is 124 cm³/mol. The van der Waals surface area contributed by atoms with Gasteiger partial charge in [0, 0.05) is 42.5 Å². The summed E-state index contributed by atoms with van der Waals surface area (Å²) >= 11 is 6.05. The number of halogens is 4. The zero-order valence-electron chi connectivity index (χ0n) is 18.2. The molecule has 0 atom stereocenters. The monoisotopic (exact) mass is 489 g/mol. The van der Waals surface area contributed by atoms with Crippen LogP contribution in [-0.2, 0) is 12.7 Å². The van der Waals surface area contributed by atoms with E-state index in [-0.39, 0.29) is 18.5 Å². The molecule has 3 aromatic rings. The van der Waals surface area contributed by atoms with Crippen LogP contribution < -0.4 is 10.1 Å². The third-order valence-corrected chi connectivity index (χ3v) is 5.85. The van der Waals surface area contributed by atoms with Crippen LogP contribution in [0.25, 0.3) is 11.1 Å². The van der Waals surface area contributed by atoms with Crippen LogP contribution in [0.1, 0.15) is 30.4 Å². The number of carbonyl (C=O) groups excluding carboxylic acids is 1. The number of nitrogens with zero attached hydrogens (tertiary/aromatic N) is 2. The zero-order valence-corrected chi connectivity index (χ0v) is 19.0. The molecule has 1 N–H and O–H groups in total. The second kappa shape index (κ2) is 10.3. The lowest BCUT2D eigenvalue weighted by molar-refractivity contribution is -0.137. The molecule has 0 aliphatic carbocycles. The summed E-state index contributed by atoms with van der Waals surface area (Å²) in [5, 5.41) is 3.53. The molecule has 2 heterocycles. The fraction of sp³-hybridized carbons (Fsp3) is 0.280. The third-order valence-electron chi connectivity index (χ3n) is 5.60. The summed E-state index contributed by atoms with van der Waals surface area (Å²) in [6.07, 6.45) is -0.631. The Morgan fingerprint density at radius 3 is 2.41 bits per heavy atom. The smallest absolute Gasteiger partial charge is 0.417 e. The molecule has 1 aliphatic rings. The number of ether oxygens (including phenoxy) is 1. The maximum Gasteiger partial charge on any atom is 0.417 e. The van der Waals surface area contributed by atoms with E-state index in [1.165, 1.54) is 6.07 Å². The molecule has 5 nitrogen and oxygen atoms in total. The second-order valence-corrected chi connectivity index (χ2v) is 8.42. The van der Waals surface area contributed by atoms with E-state index in [9.17, 15) is 18.0 Å². The van der Waals surface area contributed by atoms with Crippen molar-refractivity contribution in [1.82, 2.24) is 15.2 Å². The molecule has 0 saturated carbocycles. The highest BCUT2D eigenvalue weighted by Crippen LogP contribution is 2.37. The number of likely N-dealkylation sites (tertiary alicyclic amines) is 1. The Hall–Kier alpha value is -3.26. The van der Waals surface area contributed by atoms with Crippen molar-refractivity contribution in [1.29, 1.82) is 0 Å².